The quantitative estimate of drug-likeness (QED) is 0.178. The monoisotopic (exact) mass is 594 g/mol. The predicted molar refractivity (Wildman–Crippen MR) is 163 cm³/mol. The number of fused-ring (bicyclic) bond motifs is 2. The Morgan fingerprint density at radius 3 is 2.67 bits per heavy atom. The highest BCUT2D eigenvalue weighted by atomic mass is 35.5. The van der Waals surface area contributed by atoms with Crippen LogP contribution >= 0.6 is 23.2 Å². The maximum Gasteiger partial charge on any atom is 0.282 e. The van der Waals surface area contributed by atoms with Crippen molar-refractivity contribution in [1.29, 1.82) is 5.26 Å². The van der Waals surface area contributed by atoms with Crippen molar-refractivity contribution in [1.82, 2.24) is 9.66 Å². The summed E-state index contributed by atoms with van der Waals surface area (Å²) in [4.78, 5) is 18.4. The molecule has 0 unspecified atom stereocenters. The summed E-state index contributed by atoms with van der Waals surface area (Å²) in [5, 5.41) is 16.1. The molecular weight excluding hydrogens is 575 g/mol. The largest absolute Gasteiger partial charge is 0.493 e. The van der Waals surface area contributed by atoms with Gasteiger partial charge in [-0.3, -0.25) is 4.79 Å². The van der Waals surface area contributed by atoms with Crippen LogP contribution in [0.15, 0.2) is 99.2 Å². The number of furan rings is 1. The molecule has 206 valence electrons. The molecule has 0 aliphatic rings. The average molecular weight is 595 g/mol. The molecule has 6 aromatic rings. The standard InChI is InChI=1S/C32H20Cl2N4O4/c1-40-28-15-24(34)13-22(30(28)41-18-20-7-3-2-6-19(20)16-35)17-36-38-31(37-26-9-5-4-8-25(26)32(38)39)29-14-21-12-23(33)10-11-27(21)42-29/h2-15,17H,18H2,1H3. The van der Waals surface area contributed by atoms with Gasteiger partial charge in [0, 0.05) is 32.6 Å². The molecule has 0 aliphatic heterocycles. The summed E-state index contributed by atoms with van der Waals surface area (Å²) in [7, 11) is 1.49. The van der Waals surface area contributed by atoms with Gasteiger partial charge in [0.05, 0.1) is 35.9 Å². The first-order valence-electron chi connectivity index (χ1n) is 12.7. The molecule has 6 rings (SSSR count). The highest BCUT2D eigenvalue weighted by Crippen LogP contribution is 2.35. The first-order chi connectivity index (χ1) is 20.4. The zero-order valence-corrected chi connectivity index (χ0v) is 23.6. The molecular formula is C32H20Cl2N4O4. The molecule has 0 saturated heterocycles. The fourth-order valence-corrected chi connectivity index (χ4v) is 4.93. The van der Waals surface area contributed by atoms with Crippen molar-refractivity contribution >= 4 is 51.3 Å². The van der Waals surface area contributed by atoms with Crippen LogP contribution in [0.2, 0.25) is 10.0 Å². The normalized spacial score (nSPS) is 11.3. The molecule has 0 saturated carbocycles. The maximum atomic E-state index is 13.7. The summed E-state index contributed by atoms with van der Waals surface area (Å²) in [6.45, 7) is 0.0901. The van der Waals surface area contributed by atoms with Gasteiger partial charge in [0.1, 0.15) is 12.2 Å². The number of nitrogens with zero attached hydrogens (tertiary/aromatic N) is 4. The molecule has 0 radical (unpaired) electrons. The van der Waals surface area contributed by atoms with E-state index in [4.69, 9.17) is 42.1 Å². The average Bonchev–Trinajstić information content (AvgIpc) is 3.43. The van der Waals surface area contributed by atoms with E-state index in [0.717, 1.165) is 5.39 Å². The van der Waals surface area contributed by atoms with Crippen LogP contribution in [0.4, 0.5) is 0 Å². The minimum absolute atomic E-state index is 0.0901. The predicted octanol–water partition coefficient (Wildman–Crippen LogP) is 7.46. The van der Waals surface area contributed by atoms with Gasteiger partial charge >= 0.3 is 0 Å². The Bertz CT molecular complexity index is 2110. The fraction of sp³-hybridized carbons (Fsp3) is 0.0625. The molecule has 10 heteroatoms. The molecule has 4 aromatic carbocycles. The first-order valence-corrected chi connectivity index (χ1v) is 13.4. The van der Waals surface area contributed by atoms with Gasteiger partial charge in [0.2, 0.25) is 5.82 Å². The van der Waals surface area contributed by atoms with E-state index < -0.39 is 5.56 Å². The van der Waals surface area contributed by atoms with Gasteiger partial charge in [-0.2, -0.15) is 15.0 Å². The third kappa shape index (κ3) is 5.19. The number of halogens is 2. The Morgan fingerprint density at radius 2 is 1.83 bits per heavy atom. The molecule has 42 heavy (non-hydrogen) atoms. The Morgan fingerprint density at radius 1 is 1.02 bits per heavy atom. The number of hydrogen-bond acceptors (Lipinski definition) is 7. The second kappa shape index (κ2) is 11.4. The first kappa shape index (κ1) is 27.1. The summed E-state index contributed by atoms with van der Waals surface area (Å²) in [5.74, 6) is 1.22. The van der Waals surface area contributed by atoms with E-state index in [2.05, 4.69) is 11.2 Å². The highest BCUT2D eigenvalue weighted by molar-refractivity contribution is 6.31. The van der Waals surface area contributed by atoms with Gasteiger partial charge in [-0.05, 0) is 48.5 Å². The Kier molecular flexibility index (Phi) is 7.36. The zero-order valence-electron chi connectivity index (χ0n) is 22.0. The Balaban J connectivity index is 1.48. The van der Waals surface area contributed by atoms with E-state index >= 15 is 0 Å². The summed E-state index contributed by atoms with van der Waals surface area (Å²) >= 11 is 12.6. The molecule has 2 heterocycles. The van der Waals surface area contributed by atoms with E-state index in [1.165, 1.54) is 18.0 Å². The molecule has 0 bridgehead atoms. The van der Waals surface area contributed by atoms with Crippen molar-refractivity contribution in [2.45, 2.75) is 6.61 Å². The molecule has 8 nitrogen and oxygen atoms in total. The topological polar surface area (TPSA) is 103 Å². The van der Waals surface area contributed by atoms with Crippen LogP contribution in [-0.2, 0) is 6.61 Å². The molecule has 0 aliphatic carbocycles. The van der Waals surface area contributed by atoms with E-state index in [1.54, 1.807) is 72.8 Å². The number of rotatable bonds is 7. The number of para-hydroxylation sites is 1. The molecule has 0 amide bonds. The number of aromatic nitrogens is 2. The van der Waals surface area contributed by atoms with Gasteiger partial charge in [0.15, 0.2) is 17.3 Å². The summed E-state index contributed by atoms with van der Waals surface area (Å²) in [5.41, 5.74) is 2.31. The number of benzene rings is 4. The molecule has 0 N–H and O–H groups in total. The summed E-state index contributed by atoms with van der Waals surface area (Å²) < 4.78 is 18.9. The van der Waals surface area contributed by atoms with Gasteiger partial charge in [-0.15, -0.1) is 0 Å². The van der Waals surface area contributed by atoms with E-state index in [0.29, 0.717) is 60.5 Å². The van der Waals surface area contributed by atoms with Gasteiger partial charge in [0.25, 0.3) is 5.56 Å². The van der Waals surface area contributed by atoms with E-state index in [9.17, 15) is 10.1 Å². The lowest BCUT2D eigenvalue weighted by Gasteiger charge is -2.15. The van der Waals surface area contributed by atoms with Gasteiger partial charge in [-0.25, -0.2) is 4.98 Å². The number of nitriles is 1. The smallest absolute Gasteiger partial charge is 0.282 e. The van der Waals surface area contributed by atoms with Crippen LogP contribution in [0.1, 0.15) is 16.7 Å². The van der Waals surface area contributed by atoms with E-state index in [1.807, 2.05) is 12.1 Å². The second-order valence-corrected chi connectivity index (χ2v) is 10.1. The minimum atomic E-state index is -0.398. The van der Waals surface area contributed by atoms with Gasteiger partial charge < -0.3 is 13.9 Å². The number of methoxy groups -OCH3 is 1. The lowest BCUT2D eigenvalue weighted by molar-refractivity contribution is 0.284. The minimum Gasteiger partial charge on any atom is -0.493 e. The van der Waals surface area contributed by atoms with Gasteiger partial charge in [-0.1, -0.05) is 53.5 Å². The van der Waals surface area contributed by atoms with Crippen LogP contribution < -0.4 is 15.0 Å². The lowest BCUT2D eigenvalue weighted by atomic mass is 10.1. The van der Waals surface area contributed by atoms with Crippen LogP contribution in [0, 0.1) is 11.3 Å². The Labute approximate surface area is 249 Å². The van der Waals surface area contributed by atoms with Crippen molar-refractivity contribution in [3.05, 3.63) is 122 Å². The number of hydrogen-bond donors (Lipinski definition) is 0. The van der Waals surface area contributed by atoms with Crippen molar-refractivity contribution < 1.29 is 13.9 Å². The Hall–Kier alpha value is -5.10. The summed E-state index contributed by atoms with van der Waals surface area (Å²) in [6, 6.07) is 26.5. The van der Waals surface area contributed by atoms with Crippen molar-refractivity contribution in [2.75, 3.05) is 7.11 Å². The zero-order chi connectivity index (χ0) is 29.2. The molecule has 0 spiro atoms. The van der Waals surface area contributed by atoms with Crippen molar-refractivity contribution in [3.63, 3.8) is 0 Å². The maximum absolute atomic E-state index is 13.7. The van der Waals surface area contributed by atoms with Crippen LogP contribution in [-0.4, -0.2) is 23.0 Å². The molecule has 0 fully saturated rings. The van der Waals surface area contributed by atoms with Crippen LogP contribution in [0.3, 0.4) is 0 Å². The fourth-order valence-electron chi connectivity index (χ4n) is 4.53. The molecule has 0 atom stereocenters. The van der Waals surface area contributed by atoms with Crippen LogP contribution in [0.5, 0.6) is 11.5 Å². The van der Waals surface area contributed by atoms with Crippen molar-refractivity contribution in [2.24, 2.45) is 5.10 Å². The highest BCUT2D eigenvalue weighted by Gasteiger charge is 2.18. The summed E-state index contributed by atoms with van der Waals surface area (Å²) in [6.07, 6.45) is 1.45. The molecule has 2 aromatic heterocycles. The van der Waals surface area contributed by atoms with Crippen molar-refractivity contribution in [3.8, 4) is 29.2 Å². The van der Waals surface area contributed by atoms with Crippen LogP contribution in [0.25, 0.3) is 33.5 Å². The SMILES string of the molecule is COc1cc(Cl)cc(C=Nn2c(-c3cc4cc(Cl)ccc4o3)nc3ccccc3c2=O)c1OCc1ccccc1C#N. The van der Waals surface area contributed by atoms with E-state index in [-0.39, 0.29) is 12.4 Å². The second-order valence-electron chi connectivity index (χ2n) is 9.19. The lowest BCUT2D eigenvalue weighted by Crippen LogP contribution is -2.20. The third-order valence-electron chi connectivity index (χ3n) is 6.54. The third-order valence-corrected chi connectivity index (χ3v) is 7.00. The number of ether oxygens (including phenoxy) is 2.